The number of nitrogens with zero attached hydrogens (tertiary/aromatic N) is 4. The minimum atomic E-state index is 0.755. The number of hydrogen-bond donors (Lipinski definition) is 1. The van der Waals surface area contributed by atoms with E-state index in [0.717, 1.165) is 43.3 Å². The van der Waals surface area contributed by atoms with Gasteiger partial charge in [-0.05, 0) is 31.2 Å². The van der Waals surface area contributed by atoms with Crippen LogP contribution < -0.4 is 10.2 Å². The van der Waals surface area contributed by atoms with Gasteiger partial charge in [-0.3, -0.25) is 0 Å². The summed E-state index contributed by atoms with van der Waals surface area (Å²) in [5.74, 6) is 2.05. The minimum Gasteiger partial charge on any atom is -0.352 e. The molecule has 0 aromatic carbocycles. The molecule has 0 unspecified atom stereocenters. The van der Waals surface area contributed by atoms with E-state index in [1.54, 1.807) is 0 Å². The van der Waals surface area contributed by atoms with E-state index in [9.17, 15) is 0 Å². The van der Waals surface area contributed by atoms with Crippen molar-refractivity contribution in [3.63, 3.8) is 0 Å². The van der Waals surface area contributed by atoms with Crippen LogP contribution in [0.4, 0.5) is 5.82 Å². The minimum absolute atomic E-state index is 0.755. The summed E-state index contributed by atoms with van der Waals surface area (Å²) in [6.45, 7) is 3.80. The van der Waals surface area contributed by atoms with Crippen molar-refractivity contribution in [2.24, 2.45) is 7.05 Å². The van der Waals surface area contributed by atoms with E-state index >= 15 is 0 Å². The number of imidazole rings is 1. The summed E-state index contributed by atoms with van der Waals surface area (Å²) in [4.78, 5) is 11.3. The summed E-state index contributed by atoms with van der Waals surface area (Å²) in [5.41, 5.74) is 2.43. The van der Waals surface area contributed by atoms with Gasteiger partial charge in [0.25, 0.3) is 0 Å². The van der Waals surface area contributed by atoms with E-state index < -0.39 is 0 Å². The fraction of sp³-hybridized carbons (Fsp3) is 0.500. The Morgan fingerprint density at radius 2 is 2.14 bits per heavy atom. The third-order valence-electron chi connectivity index (χ3n) is 3.50. The highest BCUT2D eigenvalue weighted by molar-refractivity contribution is 5.42. The van der Waals surface area contributed by atoms with Crippen LogP contribution in [0, 0.1) is 0 Å². The maximum absolute atomic E-state index is 4.78. The number of aryl methyl sites for hydroxylation is 2. The van der Waals surface area contributed by atoms with Crippen LogP contribution in [0.2, 0.25) is 0 Å². The largest absolute Gasteiger partial charge is 0.352 e. The number of rotatable bonds is 7. The Labute approximate surface area is 127 Å². The number of nitrogens with one attached hydrogen (secondary N) is 1. The number of aromatic nitrogens is 3. The van der Waals surface area contributed by atoms with Gasteiger partial charge in [0.15, 0.2) is 0 Å². The molecule has 1 N–H and O–H groups in total. The van der Waals surface area contributed by atoms with Crippen LogP contribution in [-0.2, 0) is 26.6 Å². The molecule has 0 aliphatic heterocycles. The average Bonchev–Trinajstić information content (AvgIpc) is 2.85. The van der Waals surface area contributed by atoms with Gasteiger partial charge in [-0.15, -0.1) is 0 Å². The van der Waals surface area contributed by atoms with E-state index in [2.05, 4.69) is 41.3 Å². The second-order valence-corrected chi connectivity index (χ2v) is 5.42. The van der Waals surface area contributed by atoms with Gasteiger partial charge in [-0.1, -0.05) is 13.3 Å². The third-order valence-corrected chi connectivity index (χ3v) is 3.50. The van der Waals surface area contributed by atoms with Gasteiger partial charge in [0.05, 0.1) is 6.54 Å². The van der Waals surface area contributed by atoms with Gasteiger partial charge >= 0.3 is 0 Å². The fourth-order valence-corrected chi connectivity index (χ4v) is 2.36. The summed E-state index contributed by atoms with van der Waals surface area (Å²) in [6, 6.07) is 4.34. The molecule has 2 heterocycles. The first kappa shape index (κ1) is 15.5. The first-order valence-corrected chi connectivity index (χ1v) is 7.45. The van der Waals surface area contributed by atoms with Crippen LogP contribution in [0.1, 0.15) is 30.4 Å². The molecular weight excluding hydrogens is 262 g/mol. The molecule has 0 aliphatic carbocycles. The monoisotopic (exact) mass is 287 g/mol. The summed E-state index contributed by atoms with van der Waals surface area (Å²) in [6.07, 6.45) is 5.92. The van der Waals surface area contributed by atoms with Gasteiger partial charge in [-0.25, -0.2) is 9.97 Å². The number of pyridine rings is 1. The zero-order chi connectivity index (χ0) is 15.2. The zero-order valence-corrected chi connectivity index (χ0v) is 13.4. The molecule has 5 heteroatoms. The predicted octanol–water partition coefficient (Wildman–Crippen LogP) is 2.12. The lowest BCUT2D eigenvalue weighted by Crippen LogP contribution is -2.21. The predicted molar refractivity (Wildman–Crippen MR) is 86.3 cm³/mol. The third kappa shape index (κ3) is 4.04. The van der Waals surface area contributed by atoms with Crippen LogP contribution >= 0.6 is 0 Å². The quantitative estimate of drug-likeness (QED) is 0.847. The van der Waals surface area contributed by atoms with E-state index in [1.165, 1.54) is 5.56 Å². The van der Waals surface area contributed by atoms with Gasteiger partial charge < -0.3 is 14.8 Å². The smallest absolute Gasteiger partial charge is 0.129 e. The summed E-state index contributed by atoms with van der Waals surface area (Å²) >= 11 is 0. The molecule has 0 amide bonds. The van der Waals surface area contributed by atoms with Crippen LogP contribution in [0.3, 0.4) is 0 Å². The van der Waals surface area contributed by atoms with Crippen LogP contribution in [-0.4, -0.2) is 28.6 Å². The molecule has 0 aliphatic rings. The molecule has 0 bridgehead atoms. The molecule has 0 spiro atoms. The molecule has 0 saturated heterocycles. The first-order valence-electron chi connectivity index (χ1n) is 7.45. The van der Waals surface area contributed by atoms with Crippen LogP contribution in [0.5, 0.6) is 0 Å². The Morgan fingerprint density at radius 3 is 2.76 bits per heavy atom. The highest BCUT2D eigenvalue weighted by Crippen LogP contribution is 2.17. The normalized spacial score (nSPS) is 10.9. The molecule has 5 nitrogen and oxygen atoms in total. The summed E-state index contributed by atoms with van der Waals surface area (Å²) < 4.78 is 2.04. The van der Waals surface area contributed by atoms with E-state index in [1.807, 2.05) is 31.1 Å². The Bertz CT molecular complexity index is 552. The average molecular weight is 287 g/mol. The lowest BCUT2D eigenvalue weighted by atomic mass is 10.1. The highest BCUT2D eigenvalue weighted by Gasteiger charge is 2.09. The molecule has 114 valence electrons. The fourth-order valence-electron chi connectivity index (χ4n) is 2.36. The number of hydrogen-bond acceptors (Lipinski definition) is 4. The lowest BCUT2D eigenvalue weighted by Gasteiger charge is -2.20. The molecule has 21 heavy (non-hydrogen) atoms. The maximum atomic E-state index is 4.78. The van der Waals surface area contributed by atoms with Crippen LogP contribution in [0.15, 0.2) is 24.5 Å². The number of anilines is 1. The molecule has 0 radical (unpaired) electrons. The van der Waals surface area contributed by atoms with Crippen molar-refractivity contribution in [3.05, 3.63) is 41.6 Å². The lowest BCUT2D eigenvalue weighted by molar-refractivity contribution is 0.747. The highest BCUT2D eigenvalue weighted by atomic mass is 15.2. The van der Waals surface area contributed by atoms with Crippen molar-refractivity contribution in [1.82, 2.24) is 19.9 Å². The molecule has 2 aromatic rings. The maximum Gasteiger partial charge on any atom is 0.129 e. The second-order valence-electron chi connectivity index (χ2n) is 5.42. The molecule has 0 fully saturated rings. The van der Waals surface area contributed by atoms with Gasteiger partial charge in [0.2, 0.25) is 0 Å². The molecule has 0 saturated carbocycles. The Morgan fingerprint density at radius 1 is 1.33 bits per heavy atom. The van der Waals surface area contributed by atoms with Crippen molar-refractivity contribution in [2.45, 2.75) is 32.9 Å². The SMILES string of the molecule is CCCc1cc(CNC)cc(N(C)Cc2nccn2C)n1. The van der Waals surface area contributed by atoms with E-state index in [4.69, 9.17) is 4.98 Å². The summed E-state index contributed by atoms with van der Waals surface area (Å²) in [5, 5.41) is 3.21. The van der Waals surface area contributed by atoms with Gasteiger partial charge in [0.1, 0.15) is 11.6 Å². The Hall–Kier alpha value is -1.88. The van der Waals surface area contributed by atoms with Gasteiger partial charge in [0, 0.05) is 38.7 Å². The second kappa shape index (κ2) is 7.22. The van der Waals surface area contributed by atoms with Crippen molar-refractivity contribution in [3.8, 4) is 0 Å². The van der Waals surface area contributed by atoms with Crippen molar-refractivity contribution >= 4 is 5.82 Å². The Kier molecular flexibility index (Phi) is 5.33. The van der Waals surface area contributed by atoms with Crippen molar-refractivity contribution in [2.75, 3.05) is 19.0 Å². The van der Waals surface area contributed by atoms with Crippen molar-refractivity contribution < 1.29 is 0 Å². The Balaban J connectivity index is 2.22. The molecule has 0 atom stereocenters. The topological polar surface area (TPSA) is 46.0 Å². The van der Waals surface area contributed by atoms with Gasteiger partial charge in [-0.2, -0.15) is 0 Å². The van der Waals surface area contributed by atoms with Crippen LogP contribution in [0.25, 0.3) is 0 Å². The van der Waals surface area contributed by atoms with Crippen molar-refractivity contribution in [1.29, 1.82) is 0 Å². The zero-order valence-electron chi connectivity index (χ0n) is 13.4. The molecule has 2 rings (SSSR count). The molecular formula is C16H25N5. The molecule has 2 aromatic heterocycles. The first-order chi connectivity index (χ1) is 10.1. The van der Waals surface area contributed by atoms with E-state index in [-0.39, 0.29) is 0 Å². The summed E-state index contributed by atoms with van der Waals surface area (Å²) in [7, 11) is 6.05. The standard InChI is InChI=1S/C16H25N5/c1-5-6-14-9-13(11-17-2)10-15(19-14)21(4)12-16-18-7-8-20(16)3/h7-10,17H,5-6,11-12H2,1-4H3. The van der Waals surface area contributed by atoms with E-state index in [0.29, 0.717) is 0 Å².